The van der Waals surface area contributed by atoms with Crippen LogP contribution in [0, 0.1) is 28.6 Å². The Kier molecular flexibility index (Phi) is 9.19. The number of piperidine rings is 1. The molecule has 1 aromatic heterocycles. The molecule has 2 saturated carbocycles. The van der Waals surface area contributed by atoms with Crippen molar-refractivity contribution in [2.75, 3.05) is 62.7 Å². The second-order valence-electron chi connectivity index (χ2n) is 16.3. The number of aromatic nitrogens is 2. The van der Waals surface area contributed by atoms with Crippen LogP contribution in [0.1, 0.15) is 78.2 Å². The van der Waals surface area contributed by atoms with Gasteiger partial charge in [0.15, 0.2) is 0 Å². The number of imide groups is 1. The predicted molar refractivity (Wildman–Crippen MR) is 196 cm³/mol. The van der Waals surface area contributed by atoms with Crippen LogP contribution in [0.4, 0.5) is 11.5 Å². The average Bonchev–Trinajstić information content (AvgIpc) is 3.41. The lowest BCUT2D eigenvalue weighted by molar-refractivity contribution is -0.124. The van der Waals surface area contributed by atoms with E-state index in [9.17, 15) is 24.0 Å². The number of aldehydes is 1. The quantitative estimate of drug-likeness (QED) is 0.200. The second kappa shape index (κ2) is 13.2. The SMILES string of the molecule is CNC(=O)C(CCC=O)N1C(=O)c2cc(P)c(N3CCN(CC4C5CN(c6cnc(C(=O)NC7C(C)(C)CC7(C)C)cn6)CC45)CC3)cc2C1=O. The third kappa shape index (κ3) is 6.41. The molecule has 3 aliphatic heterocycles. The molecule has 4 unspecified atom stereocenters. The van der Waals surface area contributed by atoms with E-state index in [0.717, 1.165) is 73.9 Å². The maximum atomic E-state index is 13.5. The number of benzene rings is 1. The molecular weight excluding hydrogens is 667 g/mol. The summed E-state index contributed by atoms with van der Waals surface area (Å²) in [6.07, 6.45) is 5.24. The third-order valence-corrected chi connectivity index (χ3v) is 12.4. The largest absolute Gasteiger partial charge is 0.368 e. The molecule has 0 bridgehead atoms. The van der Waals surface area contributed by atoms with Crippen LogP contribution in [-0.2, 0) is 9.59 Å². The van der Waals surface area contributed by atoms with Crippen molar-refractivity contribution in [2.24, 2.45) is 28.6 Å². The maximum Gasteiger partial charge on any atom is 0.271 e. The van der Waals surface area contributed by atoms with Gasteiger partial charge < -0.3 is 25.2 Å². The van der Waals surface area contributed by atoms with Crippen LogP contribution < -0.4 is 25.7 Å². The van der Waals surface area contributed by atoms with Crippen molar-refractivity contribution in [1.82, 2.24) is 30.4 Å². The number of hydrogen-bond donors (Lipinski definition) is 2. The van der Waals surface area contributed by atoms with Crippen LogP contribution in [0.25, 0.3) is 0 Å². The van der Waals surface area contributed by atoms with Gasteiger partial charge in [0.25, 0.3) is 17.7 Å². The summed E-state index contributed by atoms with van der Waals surface area (Å²) < 4.78 is 0. The van der Waals surface area contributed by atoms with Gasteiger partial charge in [-0.25, -0.2) is 9.97 Å². The molecule has 0 radical (unpaired) electrons. The highest BCUT2D eigenvalue weighted by Crippen LogP contribution is 2.54. The van der Waals surface area contributed by atoms with Gasteiger partial charge in [-0.05, 0) is 58.9 Å². The van der Waals surface area contributed by atoms with Gasteiger partial charge in [0, 0.05) is 71.0 Å². The van der Waals surface area contributed by atoms with E-state index in [2.05, 4.69) is 72.2 Å². The van der Waals surface area contributed by atoms with E-state index >= 15 is 0 Å². The third-order valence-electron chi connectivity index (χ3n) is 12.0. The van der Waals surface area contributed by atoms with Crippen LogP contribution in [0.2, 0.25) is 0 Å². The molecule has 14 heteroatoms. The van der Waals surface area contributed by atoms with E-state index in [1.807, 2.05) is 0 Å². The number of likely N-dealkylation sites (N-methyl/N-ethyl adjacent to an activating group) is 1. The van der Waals surface area contributed by atoms with Crippen LogP contribution in [-0.4, -0.2) is 115 Å². The minimum absolute atomic E-state index is 0.0678. The van der Waals surface area contributed by atoms with Crippen LogP contribution in [0.5, 0.6) is 0 Å². The zero-order valence-corrected chi connectivity index (χ0v) is 31.3. The first-order valence-electron chi connectivity index (χ1n) is 18.1. The number of carbonyl (C=O) groups is 5. The van der Waals surface area contributed by atoms with Gasteiger partial charge in [-0.2, -0.15) is 0 Å². The van der Waals surface area contributed by atoms with Gasteiger partial charge in [-0.3, -0.25) is 29.0 Å². The standard InChI is InChI=1S/C37H49N8O5P/c1-36(2)20-37(3,4)35(36)41-31(47)26-15-40-30(16-39-26)44-18-24-23(25(24)19-44)17-42-8-10-43(11-9-42)28-13-21-22(14-29(28)51)34(50)45(33(21)49)27(7-6-12-46)32(48)38-5/h12-16,23-25,27,35H,6-11,17-20,51H2,1-5H3,(H,38,48)(H,41,47). The summed E-state index contributed by atoms with van der Waals surface area (Å²) in [5.74, 6) is 1.09. The topological polar surface area (TPSA) is 148 Å². The molecule has 51 heavy (non-hydrogen) atoms. The highest BCUT2D eigenvalue weighted by atomic mass is 31.0. The summed E-state index contributed by atoms with van der Waals surface area (Å²) in [5.41, 5.74) is 1.97. The van der Waals surface area contributed by atoms with Crippen molar-refractivity contribution < 1.29 is 24.0 Å². The van der Waals surface area contributed by atoms with Gasteiger partial charge in [0.05, 0.1) is 23.5 Å². The summed E-state index contributed by atoms with van der Waals surface area (Å²) in [4.78, 5) is 80.5. The van der Waals surface area contributed by atoms with Crippen molar-refractivity contribution in [2.45, 2.75) is 59.0 Å². The van der Waals surface area contributed by atoms with Crippen LogP contribution >= 0.6 is 9.24 Å². The average molecular weight is 717 g/mol. The molecule has 4 heterocycles. The van der Waals surface area contributed by atoms with E-state index in [-0.39, 0.29) is 41.2 Å². The molecule has 4 fully saturated rings. The molecule has 2 saturated heterocycles. The van der Waals surface area contributed by atoms with Gasteiger partial charge in [0.2, 0.25) is 5.91 Å². The molecule has 0 spiro atoms. The molecular formula is C37H49N8O5P. The van der Waals surface area contributed by atoms with Crippen LogP contribution in [0.3, 0.4) is 0 Å². The number of amides is 4. The fourth-order valence-corrected chi connectivity index (χ4v) is 10.1. The van der Waals surface area contributed by atoms with Gasteiger partial charge in [0.1, 0.15) is 23.8 Å². The van der Waals surface area contributed by atoms with Crippen LogP contribution in [0.15, 0.2) is 24.5 Å². The highest BCUT2D eigenvalue weighted by Gasteiger charge is 2.56. The Morgan fingerprint density at radius 2 is 1.61 bits per heavy atom. The molecule has 13 nitrogen and oxygen atoms in total. The van der Waals surface area contributed by atoms with Crippen molar-refractivity contribution >= 4 is 56.0 Å². The van der Waals surface area contributed by atoms with Crippen molar-refractivity contribution in [3.05, 3.63) is 41.3 Å². The Balaban J connectivity index is 0.900. The summed E-state index contributed by atoms with van der Waals surface area (Å²) >= 11 is 0. The van der Waals surface area contributed by atoms with E-state index in [0.29, 0.717) is 35.3 Å². The fraction of sp³-hybridized carbons (Fsp3) is 0.595. The first-order chi connectivity index (χ1) is 24.2. The Morgan fingerprint density at radius 3 is 2.18 bits per heavy atom. The van der Waals surface area contributed by atoms with Crippen molar-refractivity contribution in [3.63, 3.8) is 0 Å². The van der Waals surface area contributed by atoms with E-state index in [4.69, 9.17) is 0 Å². The Morgan fingerprint density at radius 1 is 0.961 bits per heavy atom. The molecule has 7 rings (SSSR count). The lowest BCUT2D eigenvalue weighted by Gasteiger charge is -2.57. The first-order valence-corrected chi connectivity index (χ1v) is 18.6. The van der Waals surface area contributed by atoms with Gasteiger partial charge >= 0.3 is 0 Å². The Labute approximate surface area is 301 Å². The van der Waals surface area contributed by atoms with Crippen molar-refractivity contribution in [3.8, 4) is 0 Å². The number of nitrogens with one attached hydrogen (secondary N) is 2. The molecule has 2 aromatic rings. The van der Waals surface area contributed by atoms with E-state index < -0.39 is 23.8 Å². The first kappa shape index (κ1) is 35.4. The zero-order chi connectivity index (χ0) is 36.4. The predicted octanol–water partition coefficient (Wildman–Crippen LogP) is 1.73. The molecule has 1 aromatic carbocycles. The minimum atomic E-state index is -1.04. The van der Waals surface area contributed by atoms with Gasteiger partial charge in [-0.1, -0.05) is 27.7 Å². The second-order valence-corrected chi connectivity index (χ2v) is 16.9. The zero-order valence-electron chi connectivity index (χ0n) is 30.1. The molecule has 272 valence electrons. The Bertz CT molecular complexity index is 1730. The number of rotatable bonds is 11. The lowest BCUT2D eigenvalue weighted by atomic mass is 9.52. The van der Waals surface area contributed by atoms with Crippen molar-refractivity contribution in [1.29, 1.82) is 0 Å². The number of fused-ring (bicyclic) bond motifs is 2. The molecule has 4 amide bonds. The number of nitrogens with zero attached hydrogens (tertiary/aromatic N) is 6. The Hall–Kier alpha value is -3.96. The number of hydrogen-bond acceptors (Lipinski definition) is 10. The summed E-state index contributed by atoms with van der Waals surface area (Å²) in [6, 6.07) is 2.58. The number of carbonyl (C=O) groups excluding carboxylic acids is 5. The normalized spacial score (nSPS) is 25.6. The molecule has 5 aliphatic rings. The summed E-state index contributed by atoms with van der Waals surface area (Å²) in [6.45, 7) is 15.1. The van der Waals surface area contributed by atoms with Gasteiger partial charge in [-0.15, -0.1) is 9.24 Å². The number of anilines is 2. The minimum Gasteiger partial charge on any atom is -0.368 e. The van der Waals surface area contributed by atoms with E-state index in [1.165, 1.54) is 7.05 Å². The number of piperazine rings is 1. The summed E-state index contributed by atoms with van der Waals surface area (Å²) in [7, 11) is 4.15. The van der Waals surface area contributed by atoms with E-state index in [1.54, 1.807) is 24.5 Å². The highest BCUT2D eigenvalue weighted by molar-refractivity contribution is 7.28. The molecule has 2 aliphatic carbocycles. The smallest absolute Gasteiger partial charge is 0.271 e. The summed E-state index contributed by atoms with van der Waals surface area (Å²) in [5, 5.41) is 6.54. The molecule has 2 N–H and O–H groups in total. The lowest BCUT2D eigenvalue weighted by Crippen LogP contribution is -2.63. The fourth-order valence-electron chi connectivity index (χ4n) is 9.72. The maximum absolute atomic E-state index is 13.5. The molecule has 4 atom stereocenters. The monoisotopic (exact) mass is 716 g/mol.